The predicted octanol–water partition coefficient (Wildman–Crippen LogP) is 4.67. The number of carbonyl (C=O) groups is 1. The van der Waals surface area contributed by atoms with Crippen LogP contribution in [0.1, 0.15) is 22.7 Å². The van der Waals surface area contributed by atoms with Crippen molar-refractivity contribution < 1.29 is 13.9 Å². The molecule has 1 aromatic heterocycles. The van der Waals surface area contributed by atoms with Gasteiger partial charge in [-0.3, -0.25) is 0 Å². The number of halogens is 2. The highest BCUT2D eigenvalue weighted by molar-refractivity contribution is 9.10. The summed E-state index contributed by atoms with van der Waals surface area (Å²) in [6, 6.07) is 7.18. The molecule has 0 saturated heterocycles. The van der Waals surface area contributed by atoms with Crippen molar-refractivity contribution in [2.24, 2.45) is 0 Å². The first-order valence-corrected chi connectivity index (χ1v) is 8.06. The van der Waals surface area contributed by atoms with Gasteiger partial charge in [0, 0.05) is 19.9 Å². The van der Waals surface area contributed by atoms with Gasteiger partial charge in [0.1, 0.15) is 5.82 Å². The standard InChI is InChI=1S/C15H15BrFNO2S/c1-3-20-15(19)14(13-8-12(16)9(2)21-13)18-11-6-4-10(17)5-7-11/h4-8,14,18H,3H2,1-2H3. The molecular formula is C15H15BrFNO2S. The molecular weight excluding hydrogens is 357 g/mol. The lowest BCUT2D eigenvalue weighted by molar-refractivity contribution is -0.144. The van der Waals surface area contributed by atoms with E-state index in [0.29, 0.717) is 12.3 Å². The molecule has 0 aliphatic rings. The number of nitrogens with one attached hydrogen (secondary N) is 1. The van der Waals surface area contributed by atoms with Crippen molar-refractivity contribution in [3.8, 4) is 0 Å². The van der Waals surface area contributed by atoms with E-state index in [0.717, 1.165) is 14.2 Å². The van der Waals surface area contributed by atoms with Crippen LogP contribution in [0.5, 0.6) is 0 Å². The van der Waals surface area contributed by atoms with E-state index in [1.807, 2.05) is 13.0 Å². The van der Waals surface area contributed by atoms with Crippen molar-refractivity contribution in [3.05, 3.63) is 50.4 Å². The number of aryl methyl sites for hydroxylation is 1. The first kappa shape index (κ1) is 16.0. The SMILES string of the molecule is CCOC(=O)C(Nc1ccc(F)cc1)c1cc(Br)c(C)s1. The van der Waals surface area contributed by atoms with Gasteiger partial charge in [0.15, 0.2) is 6.04 Å². The number of ether oxygens (including phenoxy) is 1. The number of carbonyl (C=O) groups excluding carboxylic acids is 1. The highest BCUT2D eigenvalue weighted by Gasteiger charge is 2.24. The Labute approximate surface area is 135 Å². The average molecular weight is 372 g/mol. The van der Waals surface area contributed by atoms with Crippen LogP contribution in [0.4, 0.5) is 10.1 Å². The van der Waals surface area contributed by atoms with E-state index in [1.54, 1.807) is 19.1 Å². The van der Waals surface area contributed by atoms with E-state index in [-0.39, 0.29) is 11.8 Å². The zero-order valence-electron chi connectivity index (χ0n) is 11.7. The maximum Gasteiger partial charge on any atom is 0.334 e. The Morgan fingerprint density at radius 3 is 2.62 bits per heavy atom. The molecule has 0 radical (unpaired) electrons. The molecule has 1 heterocycles. The summed E-state index contributed by atoms with van der Waals surface area (Å²) in [6.07, 6.45) is 0. The maximum atomic E-state index is 13.0. The van der Waals surface area contributed by atoms with Crippen molar-refractivity contribution in [1.29, 1.82) is 0 Å². The van der Waals surface area contributed by atoms with Crippen molar-refractivity contribution in [1.82, 2.24) is 0 Å². The second kappa shape index (κ2) is 7.04. The van der Waals surface area contributed by atoms with Gasteiger partial charge in [0.05, 0.1) is 6.61 Å². The van der Waals surface area contributed by atoms with Gasteiger partial charge in [-0.05, 0) is 60.1 Å². The van der Waals surface area contributed by atoms with Crippen LogP contribution in [0.3, 0.4) is 0 Å². The van der Waals surface area contributed by atoms with Gasteiger partial charge in [0.2, 0.25) is 0 Å². The highest BCUT2D eigenvalue weighted by atomic mass is 79.9. The lowest BCUT2D eigenvalue weighted by atomic mass is 10.2. The quantitative estimate of drug-likeness (QED) is 0.775. The van der Waals surface area contributed by atoms with Gasteiger partial charge < -0.3 is 10.1 Å². The molecule has 0 fully saturated rings. The summed E-state index contributed by atoms with van der Waals surface area (Å²) < 4.78 is 19.0. The van der Waals surface area contributed by atoms with Crippen LogP contribution in [-0.2, 0) is 9.53 Å². The van der Waals surface area contributed by atoms with Crippen LogP contribution >= 0.6 is 27.3 Å². The summed E-state index contributed by atoms with van der Waals surface area (Å²) in [4.78, 5) is 14.1. The van der Waals surface area contributed by atoms with Gasteiger partial charge >= 0.3 is 5.97 Å². The molecule has 1 atom stereocenters. The number of hydrogen-bond acceptors (Lipinski definition) is 4. The Kier molecular flexibility index (Phi) is 5.36. The molecule has 1 aromatic carbocycles. The molecule has 0 bridgehead atoms. The molecule has 1 unspecified atom stereocenters. The number of anilines is 1. The number of rotatable bonds is 5. The zero-order chi connectivity index (χ0) is 15.4. The lowest BCUT2D eigenvalue weighted by Crippen LogP contribution is -2.22. The van der Waals surface area contributed by atoms with Gasteiger partial charge in [-0.15, -0.1) is 11.3 Å². The summed E-state index contributed by atoms with van der Waals surface area (Å²) in [5.41, 5.74) is 0.664. The molecule has 0 spiro atoms. The Hall–Kier alpha value is -1.40. The van der Waals surface area contributed by atoms with Gasteiger partial charge in [-0.25, -0.2) is 9.18 Å². The van der Waals surface area contributed by atoms with Crippen LogP contribution in [0.25, 0.3) is 0 Å². The number of esters is 1. The topological polar surface area (TPSA) is 38.3 Å². The number of thiophene rings is 1. The minimum absolute atomic E-state index is 0.311. The first-order chi connectivity index (χ1) is 10.0. The molecule has 0 saturated carbocycles. The van der Waals surface area contributed by atoms with Crippen LogP contribution < -0.4 is 5.32 Å². The third-order valence-electron chi connectivity index (χ3n) is 2.84. The summed E-state index contributed by atoms with van der Waals surface area (Å²) in [5, 5.41) is 3.10. The molecule has 2 aromatic rings. The molecule has 0 amide bonds. The van der Waals surface area contributed by atoms with E-state index in [4.69, 9.17) is 4.74 Å². The molecule has 6 heteroatoms. The number of hydrogen-bond donors (Lipinski definition) is 1. The number of benzene rings is 1. The van der Waals surface area contributed by atoms with Crippen molar-refractivity contribution >= 4 is 38.9 Å². The minimum Gasteiger partial charge on any atom is -0.464 e. The largest absolute Gasteiger partial charge is 0.464 e. The molecule has 3 nitrogen and oxygen atoms in total. The third-order valence-corrected chi connectivity index (χ3v) is 5.04. The molecule has 0 aliphatic carbocycles. The normalized spacial score (nSPS) is 12.0. The van der Waals surface area contributed by atoms with Crippen LogP contribution in [0, 0.1) is 12.7 Å². The second-order valence-electron chi connectivity index (χ2n) is 4.39. The molecule has 0 aliphatic heterocycles. The van der Waals surface area contributed by atoms with Crippen molar-refractivity contribution in [2.45, 2.75) is 19.9 Å². The smallest absolute Gasteiger partial charge is 0.334 e. The average Bonchev–Trinajstić information content (AvgIpc) is 2.78. The Balaban J connectivity index is 2.27. The third kappa shape index (κ3) is 4.04. The Morgan fingerprint density at radius 1 is 1.43 bits per heavy atom. The summed E-state index contributed by atoms with van der Waals surface area (Å²) in [6.45, 7) is 4.05. The van der Waals surface area contributed by atoms with Crippen LogP contribution in [0.15, 0.2) is 34.8 Å². The molecule has 21 heavy (non-hydrogen) atoms. The fraction of sp³-hybridized carbons (Fsp3) is 0.267. The summed E-state index contributed by atoms with van der Waals surface area (Å²) in [7, 11) is 0. The van der Waals surface area contributed by atoms with Crippen molar-refractivity contribution in [3.63, 3.8) is 0 Å². The summed E-state index contributed by atoms with van der Waals surface area (Å²) >= 11 is 4.96. The minimum atomic E-state index is -0.606. The van der Waals surface area contributed by atoms with Crippen LogP contribution in [0.2, 0.25) is 0 Å². The zero-order valence-corrected chi connectivity index (χ0v) is 14.1. The highest BCUT2D eigenvalue weighted by Crippen LogP contribution is 2.33. The second-order valence-corrected chi connectivity index (χ2v) is 6.53. The Bertz CT molecular complexity index is 608. The van der Waals surface area contributed by atoms with E-state index in [1.165, 1.54) is 23.5 Å². The maximum absolute atomic E-state index is 13.0. The first-order valence-electron chi connectivity index (χ1n) is 6.45. The van der Waals surface area contributed by atoms with Crippen LogP contribution in [-0.4, -0.2) is 12.6 Å². The molecule has 112 valence electrons. The van der Waals surface area contributed by atoms with Gasteiger partial charge in [-0.2, -0.15) is 0 Å². The lowest BCUT2D eigenvalue weighted by Gasteiger charge is -2.17. The molecule has 1 N–H and O–H groups in total. The monoisotopic (exact) mass is 371 g/mol. The Morgan fingerprint density at radius 2 is 2.10 bits per heavy atom. The summed E-state index contributed by atoms with van der Waals surface area (Å²) in [5.74, 6) is -0.668. The van der Waals surface area contributed by atoms with Gasteiger partial charge in [0.25, 0.3) is 0 Å². The van der Waals surface area contributed by atoms with E-state index < -0.39 is 6.04 Å². The van der Waals surface area contributed by atoms with E-state index in [9.17, 15) is 9.18 Å². The molecule has 2 rings (SSSR count). The predicted molar refractivity (Wildman–Crippen MR) is 86.2 cm³/mol. The fourth-order valence-corrected chi connectivity index (χ4v) is 3.41. The van der Waals surface area contributed by atoms with E-state index >= 15 is 0 Å². The van der Waals surface area contributed by atoms with Crippen molar-refractivity contribution in [2.75, 3.05) is 11.9 Å². The van der Waals surface area contributed by atoms with Gasteiger partial charge in [-0.1, -0.05) is 0 Å². The fourth-order valence-electron chi connectivity index (χ4n) is 1.81. The van der Waals surface area contributed by atoms with E-state index in [2.05, 4.69) is 21.2 Å².